The number of nitrogens with one attached hydrogen (secondary N) is 1. The van der Waals surface area contributed by atoms with Crippen molar-refractivity contribution >= 4 is 33.8 Å². The Bertz CT molecular complexity index is 1140. The Morgan fingerprint density at radius 1 is 1.07 bits per heavy atom. The number of nitrogens with zero attached hydrogens (tertiary/aromatic N) is 3. The SMILES string of the molecule is CN(CC(=O)Nc1ccccc1)C(=O)Cc1csc2nc(-c3ccccc3)cn12. The van der Waals surface area contributed by atoms with Crippen LogP contribution in [0.2, 0.25) is 0 Å². The zero-order valence-corrected chi connectivity index (χ0v) is 16.7. The zero-order chi connectivity index (χ0) is 20.2. The van der Waals surface area contributed by atoms with Gasteiger partial charge in [0.15, 0.2) is 4.96 Å². The summed E-state index contributed by atoms with van der Waals surface area (Å²) in [6, 6.07) is 19.1. The smallest absolute Gasteiger partial charge is 0.243 e. The molecule has 2 amide bonds. The van der Waals surface area contributed by atoms with Gasteiger partial charge in [0, 0.05) is 35.6 Å². The van der Waals surface area contributed by atoms with Crippen molar-refractivity contribution in [2.45, 2.75) is 6.42 Å². The molecule has 0 aliphatic rings. The van der Waals surface area contributed by atoms with Gasteiger partial charge in [0.1, 0.15) is 0 Å². The van der Waals surface area contributed by atoms with E-state index in [4.69, 9.17) is 0 Å². The minimum Gasteiger partial charge on any atom is -0.336 e. The van der Waals surface area contributed by atoms with Crippen LogP contribution in [-0.2, 0) is 16.0 Å². The van der Waals surface area contributed by atoms with Crippen molar-refractivity contribution in [3.63, 3.8) is 0 Å². The molecular formula is C22H20N4O2S. The lowest BCUT2D eigenvalue weighted by molar-refractivity contribution is -0.132. The van der Waals surface area contributed by atoms with Crippen LogP contribution in [0.25, 0.3) is 16.2 Å². The van der Waals surface area contributed by atoms with Crippen LogP contribution >= 0.6 is 11.3 Å². The van der Waals surface area contributed by atoms with Gasteiger partial charge in [-0.05, 0) is 12.1 Å². The molecule has 0 spiro atoms. The molecule has 146 valence electrons. The number of carbonyl (C=O) groups is 2. The van der Waals surface area contributed by atoms with Crippen LogP contribution in [0.3, 0.4) is 0 Å². The standard InChI is InChI=1S/C22H20N4O2S/c1-25(14-20(27)23-17-10-6-3-7-11-17)21(28)12-18-15-29-22-24-19(13-26(18)22)16-8-4-2-5-9-16/h2-11,13,15H,12,14H2,1H3,(H,23,27). The van der Waals surface area contributed by atoms with Crippen LogP contribution in [0, 0.1) is 0 Å². The van der Waals surface area contributed by atoms with E-state index in [1.165, 1.54) is 16.2 Å². The normalized spacial score (nSPS) is 10.8. The highest BCUT2D eigenvalue weighted by Crippen LogP contribution is 2.24. The fourth-order valence-electron chi connectivity index (χ4n) is 3.02. The lowest BCUT2D eigenvalue weighted by Crippen LogP contribution is -2.36. The van der Waals surface area contributed by atoms with E-state index in [1.54, 1.807) is 7.05 Å². The van der Waals surface area contributed by atoms with Gasteiger partial charge in [-0.15, -0.1) is 11.3 Å². The molecule has 4 aromatic rings. The fraction of sp³-hybridized carbons (Fsp3) is 0.136. The van der Waals surface area contributed by atoms with E-state index < -0.39 is 0 Å². The van der Waals surface area contributed by atoms with Crippen molar-refractivity contribution in [3.8, 4) is 11.3 Å². The maximum absolute atomic E-state index is 12.6. The molecule has 2 aromatic heterocycles. The van der Waals surface area contributed by atoms with Crippen molar-refractivity contribution in [1.82, 2.24) is 14.3 Å². The van der Waals surface area contributed by atoms with Crippen molar-refractivity contribution in [1.29, 1.82) is 0 Å². The van der Waals surface area contributed by atoms with Gasteiger partial charge in [-0.25, -0.2) is 4.98 Å². The van der Waals surface area contributed by atoms with E-state index in [-0.39, 0.29) is 24.8 Å². The first-order valence-corrected chi connectivity index (χ1v) is 10.1. The number of hydrogen-bond acceptors (Lipinski definition) is 4. The van der Waals surface area contributed by atoms with Gasteiger partial charge in [-0.3, -0.25) is 14.0 Å². The van der Waals surface area contributed by atoms with Gasteiger partial charge in [-0.1, -0.05) is 48.5 Å². The lowest BCUT2D eigenvalue weighted by atomic mass is 10.2. The Labute approximate surface area is 172 Å². The van der Waals surface area contributed by atoms with Gasteiger partial charge in [0.2, 0.25) is 11.8 Å². The first-order chi connectivity index (χ1) is 14.1. The Hall–Kier alpha value is -3.45. The average molecular weight is 404 g/mol. The molecule has 0 bridgehead atoms. The topological polar surface area (TPSA) is 66.7 Å². The number of thiazole rings is 1. The van der Waals surface area contributed by atoms with Crippen molar-refractivity contribution in [2.75, 3.05) is 18.9 Å². The summed E-state index contributed by atoms with van der Waals surface area (Å²) < 4.78 is 1.95. The molecule has 2 aromatic carbocycles. The maximum atomic E-state index is 12.6. The second kappa shape index (κ2) is 8.28. The molecule has 1 N–H and O–H groups in total. The molecule has 6 nitrogen and oxygen atoms in total. The highest BCUT2D eigenvalue weighted by molar-refractivity contribution is 7.15. The Morgan fingerprint density at radius 3 is 2.48 bits per heavy atom. The summed E-state index contributed by atoms with van der Waals surface area (Å²) in [6.07, 6.45) is 2.16. The molecule has 2 heterocycles. The molecule has 0 unspecified atom stereocenters. The second-order valence-corrected chi connectivity index (χ2v) is 7.55. The monoisotopic (exact) mass is 404 g/mol. The van der Waals surface area contributed by atoms with Crippen LogP contribution in [0.1, 0.15) is 5.69 Å². The van der Waals surface area contributed by atoms with E-state index in [0.29, 0.717) is 5.69 Å². The third kappa shape index (κ3) is 4.35. The van der Waals surface area contributed by atoms with E-state index in [2.05, 4.69) is 10.3 Å². The van der Waals surface area contributed by atoms with Gasteiger partial charge >= 0.3 is 0 Å². The molecule has 0 aliphatic heterocycles. The first-order valence-electron chi connectivity index (χ1n) is 9.20. The molecule has 7 heteroatoms. The van der Waals surface area contributed by atoms with E-state index in [0.717, 1.165) is 21.9 Å². The zero-order valence-electron chi connectivity index (χ0n) is 15.9. The third-order valence-corrected chi connectivity index (χ3v) is 5.44. The number of carbonyl (C=O) groups excluding carboxylic acids is 2. The summed E-state index contributed by atoms with van der Waals surface area (Å²) in [4.78, 5) is 31.7. The molecule has 0 saturated heterocycles. The Morgan fingerprint density at radius 2 is 1.76 bits per heavy atom. The quantitative estimate of drug-likeness (QED) is 0.533. The number of benzene rings is 2. The number of anilines is 1. The highest BCUT2D eigenvalue weighted by Gasteiger charge is 2.17. The fourth-order valence-corrected chi connectivity index (χ4v) is 3.89. The van der Waals surface area contributed by atoms with E-state index in [1.807, 2.05) is 76.6 Å². The molecular weight excluding hydrogens is 384 g/mol. The number of amides is 2. The second-order valence-electron chi connectivity index (χ2n) is 6.71. The molecule has 0 atom stereocenters. The molecule has 4 rings (SSSR count). The number of rotatable bonds is 6. The minimum absolute atomic E-state index is 0.000200. The first kappa shape index (κ1) is 18.9. The number of aromatic nitrogens is 2. The average Bonchev–Trinajstić information content (AvgIpc) is 3.31. The molecule has 0 saturated carbocycles. The number of imidazole rings is 1. The molecule has 0 radical (unpaired) electrons. The number of para-hydroxylation sites is 1. The van der Waals surface area contributed by atoms with Crippen LogP contribution in [0.4, 0.5) is 5.69 Å². The van der Waals surface area contributed by atoms with Crippen LogP contribution in [0.15, 0.2) is 72.2 Å². The van der Waals surface area contributed by atoms with E-state index >= 15 is 0 Å². The van der Waals surface area contributed by atoms with Crippen LogP contribution in [-0.4, -0.2) is 39.7 Å². The van der Waals surface area contributed by atoms with Crippen molar-refractivity contribution < 1.29 is 9.59 Å². The van der Waals surface area contributed by atoms with Crippen molar-refractivity contribution in [2.24, 2.45) is 0 Å². The minimum atomic E-state index is -0.225. The molecule has 29 heavy (non-hydrogen) atoms. The summed E-state index contributed by atoms with van der Waals surface area (Å²) in [7, 11) is 1.64. The maximum Gasteiger partial charge on any atom is 0.243 e. The molecule has 0 aliphatic carbocycles. The van der Waals surface area contributed by atoms with Crippen LogP contribution < -0.4 is 5.32 Å². The van der Waals surface area contributed by atoms with Gasteiger partial charge in [-0.2, -0.15) is 0 Å². The number of hydrogen-bond donors (Lipinski definition) is 1. The predicted molar refractivity (Wildman–Crippen MR) is 115 cm³/mol. The third-order valence-electron chi connectivity index (χ3n) is 4.55. The highest BCUT2D eigenvalue weighted by atomic mass is 32.1. The summed E-state index contributed by atoms with van der Waals surface area (Å²) in [6.45, 7) is 0.000200. The van der Waals surface area contributed by atoms with E-state index in [9.17, 15) is 9.59 Å². The summed E-state index contributed by atoms with van der Waals surface area (Å²) in [5.41, 5.74) is 3.49. The predicted octanol–water partition coefficient (Wildman–Crippen LogP) is 3.70. The Balaban J connectivity index is 1.42. The van der Waals surface area contributed by atoms with Gasteiger partial charge < -0.3 is 10.2 Å². The number of fused-ring (bicyclic) bond motifs is 1. The van der Waals surface area contributed by atoms with Crippen LogP contribution in [0.5, 0.6) is 0 Å². The Kier molecular flexibility index (Phi) is 5.39. The van der Waals surface area contributed by atoms with Crippen molar-refractivity contribution in [3.05, 3.63) is 77.9 Å². The lowest BCUT2D eigenvalue weighted by Gasteiger charge is -2.16. The summed E-state index contributed by atoms with van der Waals surface area (Å²) in [5, 5.41) is 4.73. The summed E-state index contributed by atoms with van der Waals surface area (Å²) in [5.74, 6) is -0.348. The molecule has 0 fully saturated rings. The number of likely N-dealkylation sites (N-methyl/N-ethyl adjacent to an activating group) is 1. The summed E-state index contributed by atoms with van der Waals surface area (Å²) >= 11 is 1.50. The largest absolute Gasteiger partial charge is 0.336 e. The van der Waals surface area contributed by atoms with Gasteiger partial charge in [0.25, 0.3) is 0 Å². The van der Waals surface area contributed by atoms with Gasteiger partial charge in [0.05, 0.1) is 18.7 Å².